The number of phenolic OH excluding ortho intramolecular Hbond substituents is 1. The Balaban J connectivity index is 1.60. The zero-order valence-corrected chi connectivity index (χ0v) is 11.4. The highest BCUT2D eigenvalue weighted by molar-refractivity contribution is 5.54. The van der Waals surface area contributed by atoms with Gasteiger partial charge in [0.1, 0.15) is 5.75 Å². The van der Waals surface area contributed by atoms with Gasteiger partial charge in [-0.1, -0.05) is 29.4 Å². The summed E-state index contributed by atoms with van der Waals surface area (Å²) in [6, 6.07) is 15.2. The Bertz CT molecular complexity index is 752. The summed E-state index contributed by atoms with van der Waals surface area (Å²) in [7, 11) is 0. The summed E-state index contributed by atoms with van der Waals surface area (Å²) in [6.45, 7) is 0. The van der Waals surface area contributed by atoms with Crippen LogP contribution in [-0.4, -0.2) is 15.2 Å². The normalized spacial score (nSPS) is 14.3. The molecule has 0 saturated carbocycles. The van der Waals surface area contributed by atoms with Crippen molar-refractivity contribution >= 4 is 0 Å². The second-order valence-electron chi connectivity index (χ2n) is 5.38. The number of hydrogen-bond acceptors (Lipinski definition) is 4. The predicted molar refractivity (Wildman–Crippen MR) is 78.0 cm³/mol. The average Bonchev–Trinajstić information content (AvgIpc) is 3.14. The second kappa shape index (κ2) is 4.74. The van der Waals surface area contributed by atoms with Gasteiger partial charge in [0.2, 0.25) is 0 Å². The van der Waals surface area contributed by atoms with E-state index >= 15 is 0 Å². The van der Waals surface area contributed by atoms with Crippen LogP contribution < -0.4 is 0 Å². The highest BCUT2D eigenvalue weighted by Crippen LogP contribution is 2.33. The van der Waals surface area contributed by atoms with Crippen molar-refractivity contribution in [1.82, 2.24) is 10.1 Å². The van der Waals surface area contributed by atoms with Gasteiger partial charge in [-0.05, 0) is 48.2 Å². The molecule has 0 amide bonds. The van der Waals surface area contributed by atoms with Crippen molar-refractivity contribution in [2.45, 2.75) is 18.8 Å². The maximum absolute atomic E-state index is 9.31. The molecule has 0 fully saturated rings. The number of aromatic hydroxyl groups is 1. The van der Waals surface area contributed by atoms with E-state index in [2.05, 4.69) is 34.4 Å². The van der Waals surface area contributed by atoms with Gasteiger partial charge in [0.15, 0.2) is 5.82 Å². The Kier molecular flexibility index (Phi) is 2.74. The molecule has 0 bridgehead atoms. The van der Waals surface area contributed by atoms with Gasteiger partial charge in [-0.3, -0.25) is 0 Å². The fourth-order valence-electron chi connectivity index (χ4n) is 2.86. The van der Waals surface area contributed by atoms with Crippen molar-refractivity contribution in [1.29, 1.82) is 0 Å². The number of rotatable bonds is 2. The minimum Gasteiger partial charge on any atom is -0.508 e. The topological polar surface area (TPSA) is 59.2 Å². The summed E-state index contributed by atoms with van der Waals surface area (Å²) in [6.07, 6.45) is 1.93. The first-order valence-corrected chi connectivity index (χ1v) is 6.99. The molecule has 0 spiro atoms. The van der Waals surface area contributed by atoms with E-state index in [1.807, 2.05) is 0 Å². The van der Waals surface area contributed by atoms with Crippen LogP contribution in [0.3, 0.4) is 0 Å². The number of nitrogens with zero attached hydrogens (tertiary/aromatic N) is 2. The van der Waals surface area contributed by atoms with E-state index in [-0.39, 0.29) is 11.7 Å². The molecule has 21 heavy (non-hydrogen) atoms. The smallest absolute Gasteiger partial charge is 0.257 e. The summed E-state index contributed by atoms with van der Waals surface area (Å²) in [5, 5.41) is 13.4. The van der Waals surface area contributed by atoms with Crippen LogP contribution >= 0.6 is 0 Å². The van der Waals surface area contributed by atoms with Gasteiger partial charge >= 0.3 is 0 Å². The number of hydrogen-bond donors (Lipinski definition) is 1. The van der Waals surface area contributed by atoms with E-state index in [0.717, 1.165) is 24.2 Å². The SMILES string of the molecule is Oc1ccc(-c2nc(C3Cc4ccccc4C3)no2)cc1. The van der Waals surface area contributed by atoms with Crippen molar-refractivity contribution in [2.75, 3.05) is 0 Å². The van der Waals surface area contributed by atoms with Crippen molar-refractivity contribution in [3.8, 4) is 17.2 Å². The molecule has 104 valence electrons. The van der Waals surface area contributed by atoms with E-state index in [1.54, 1.807) is 24.3 Å². The van der Waals surface area contributed by atoms with Crippen LogP contribution in [0.5, 0.6) is 5.75 Å². The molecule has 1 aromatic heterocycles. The van der Waals surface area contributed by atoms with Crippen LogP contribution in [0.2, 0.25) is 0 Å². The number of aromatic nitrogens is 2. The molecule has 0 saturated heterocycles. The largest absolute Gasteiger partial charge is 0.508 e. The zero-order chi connectivity index (χ0) is 14.2. The highest BCUT2D eigenvalue weighted by atomic mass is 16.5. The minimum absolute atomic E-state index is 0.227. The fourth-order valence-corrected chi connectivity index (χ4v) is 2.86. The van der Waals surface area contributed by atoms with Gasteiger partial charge in [0, 0.05) is 11.5 Å². The standard InChI is InChI=1S/C17H14N2O2/c20-15-7-5-11(6-8-15)17-18-16(19-21-17)14-9-12-3-1-2-4-13(12)10-14/h1-8,14,20H,9-10H2. The number of phenols is 1. The predicted octanol–water partition coefficient (Wildman–Crippen LogP) is 3.32. The van der Waals surface area contributed by atoms with Crippen LogP contribution in [-0.2, 0) is 12.8 Å². The monoisotopic (exact) mass is 278 g/mol. The molecule has 0 aliphatic heterocycles. The third kappa shape index (κ3) is 2.18. The van der Waals surface area contributed by atoms with Gasteiger partial charge in [-0.2, -0.15) is 4.98 Å². The van der Waals surface area contributed by atoms with Gasteiger partial charge in [-0.25, -0.2) is 0 Å². The van der Waals surface area contributed by atoms with Gasteiger partial charge in [0.25, 0.3) is 5.89 Å². The first-order valence-electron chi connectivity index (χ1n) is 6.99. The van der Waals surface area contributed by atoms with E-state index in [0.29, 0.717) is 5.89 Å². The van der Waals surface area contributed by atoms with Crippen LogP contribution in [0.4, 0.5) is 0 Å². The molecule has 1 N–H and O–H groups in total. The first-order chi connectivity index (χ1) is 10.3. The summed E-state index contributed by atoms with van der Waals surface area (Å²) >= 11 is 0. The van der Waals surface area contributed by atoms with Crippen LogP contribution in [0.15, 0.2) is 53.1 Å². The molecule has 1 aliphatic rings. The minimum atomic E-state index is 0.227. The lowest BCUT2D eigenvalue weighted by molar-refractivity contribution is 0.416. The van der Waals surface area contributed by atoms with Crippen LogP contribution in [0, 0.1) is 0 Å². The Morgan fingerprint density at radius 1 is 0.952 bits per heavy atom. The van der Waals surface area contributed by atoms with Crippen molar-refractivity contribution in [3.05, 3.63) is 65.5 Å². The van der Waals surface area contributed by atoms with Crippen molar-refractivity contribution in [2.24, 2.45) is 0 Å². The molecular weight excluding hydrogens is 264 g/mol. The Labute approximate surface area is 122 Å². The molecule has 0 radical (unpaired) electrons. The average molecular weight is 278 g/mol. The first kappa shape index (κ1) is 12.1. The van der Waals surface area contributed by atoms with Gasteiger partial charge in [-0.15, -0.1) is 0 Å². The summed E-state index contributed by atoms with van der Waals surface area (Å²) in [4.78, 5) is 4.52. The van der Waals surface area contributed by atoms with Crippen LogP contribution in [0.1, 0.15) is 22.9 Å². The molecule has 4 nitrogen and oxygen atoms in total. The molecular formula is C17H14N2O2. The van der Waals surface area contributed by atoms with Crippen molar-refractivity contribution < 1.29 is 9.63 Å². The van der Waals surface area contributed by atoms with E-state index < -0.39 is 0 Å². The van der Waals surface area contributed by atoms with E-state index in [1.165, 1.54) is 11.1 Å². The highest BCUT2D eigenvalue weighted by Gasteiger charge is 2.26. The third-order valence-corrected chi connectivity index (χ3v) is 3.97. The molecule has 1 heterocycles. The quantitative estimate of drug-likeness (QED) is 0.781. The zero-order valence-electron chi connectivity index (χ0n) is 11.4. The lowest BCUT2D eigenvalue weighted by Gasteiger charge is -2.00. The van der Waals surface area contributed by atoms with Gasteiger partial charge in [0.05, 0.1) is 0 Å². The van der Waals surface area contributed by atoms with Gasteiger partial charge < -0.3 is 9.63 Å². The molecule has 0 atom stereocenters. The summed E-state index contributed by atoms with van der Waals surface area (Å²) < 4.78 is 5.36. The lowest BCUT2D eigenvalue weighted by Crippen LogP contribution is -2.00. The summed E-state index contributed by atoms with van der Waals surface area (Å²) in [5.41, 5.74) is 3.57. The van der Waals surface area contributed by atoms with E-state index in [9.17, 15) is 5.11 Å². The second-order valence-corrected chi connectivity index (χ2v) is 5.38. The molecule has 0 unspecified atom stereocenters. The third-order valence-electron chi connectivity index (χ3n) is 3.97. The number of benzene rings is 2. The maximum atomic E-state index is 9.31. The molecule has 3 aromatic rings. The molecule has 4 rings (SSSR count). The number of fused-ring (bicyclic) bond motifs is 1. The molecule has 4 heteroatoms. The Morgan fingerprint density at radius 2 is 1.62 bits per heavy atom. The summed E-state index contributed by atoms with van der Waals surface area (Å²) in [5.74, 6) is 1.77. The van der Waals surface area contributed by atoms with E-state index in [4.69, 9.17) is 4.52 Å². The fraction of sp³-hybridized carbons (Fsp3) is 0.176. The Hall–Kier alpha value is -2.62. The molecule has 1 aliphatic carbocycles. The van der Waals surface area contributed by atoms with Crippen LogP contribution in [0.25, 0.3) is 11.5 Å². The molecule has 2 aromatic carbocycles. The van der Waals surface area contributed by atoms with Crippen molar-refractivity contribution in [3.63, 3.8) is 0 Å². The lowest BCUT2D eigenvalue weighted by atomic mass is 10.1. The maximum Gasteiger partial charge on any atom is 0.257 e. The Morgan fingerprint density at radius 3 is 2.29 bits per heavy atom.